The molecule has 0 aliphatic heterocycles. The van der Waals surface area contributed by atoms with Crippen LogP contribution in [-0.2, 0) is 13.0 Å². The van der Waals surface area contributed by atoms with Crippen LogP contribution in [0, 0.1) is 0 Å². The van der Waals surface area contributed by atoms with Gasteiger partial charge in [0.15, 0.2) is 0 Å². The first-order valence-corrected chi connectivity index (χ1v) is 7.20. The summed E-state index contributed by atoms with van der Waals surface area (Å²) in [5.74, 6) is 0. The second kappa shape index (κ2) is 6.16. The molecule has 0 spiro atoms. The molecule has 1 atom stereocenters. The Hall–Kier alpha value is -1.71. The summed E-state index contributed by atoms with van der Waals surface area (Å²) in [6, 6.07) is 13.2. The molecule has 1 aromatic heterocycles. The highest BCUT2D eigenvalue weighted by molar-refractivity contribution is 5.34. The Balaban J connectivity index is 1.81. The normalized spacial score (nSPS) is 17.4. The largest absolute Gasteiger partial charge is 0.395 e. The molecular weight excluding hydrogens is 248 g/mol. The van der Waals surface area contributed by atoms with Crippen LogP contribution in [0.3, 0.4) is 0 Å². The molecule has 1 aliphatic carbocycles. The molecule has 0 amide bonds. The van der Waals surface area contributed by atoms with E-state index in [2.05, 4.69) is 34.1 Å². The van der Waals surface area contributed by atoms with Crippen LogP contribution in [0.2, 0.25) is 0 Å². The van der Waals surface area contributed by atoms with Crippen molar-refractivity contribution < 1.29 is 5.11 Å². The molecule has 1 heterocycles. The molecule has 104 valence electrons. The Bertz CT molecular complexity index is 556. The molecule has 0 fully saturated rings. The van der Waals surface area contributed by atoms with E-state index < -0.39 is 0 Å². The fourth-order valence-electron chi connectivity index (χ4n) is 3.11. The summed E-state index contributed by atoms with van der Waals surface area (Å²) in [7, 11) is 0. The molecule has 2 aromatic rings. The lowest BCUT2D eigenvalue weighted by molar-refractivity contribution is 0.143. The molecular formula is C17H20N2O. The number of aliphatic hydroxyl groups is 1. The highest BCUT2D eigenvalue weighted by atomic mass is 16.3. The van der Waals surface area contributed by atoms with Crippen molar-refractivity contribution in [1.29, 1.82) is 0 Å². The summed E-state index contributed by atoms with van der Waals surface area (Å²) in [4.78, 5) is 6.44. The van der Waals surface area contributed by atoms with Crippen LogP contribution in [0.5, 0.6) is 0 Å². The second-order valence-corrected chi connectivity index (χ2v) is 5.30. The Kier molecular flexibility index (Phi) is 4.09. The van der Waals surface area contributed by atoms with Gasteiger partial charge in [0.25, 0.3) is 0 Å². The standard InChI is InChI=1S/C17H20N2O/c20-12-11-19(13-14-7-9-18-10-8-14)17-6-5-15-3-1-2-4-16(15)17/h1-4,7-10,17,20H,5-6,11-13H2/t17-/m1/s1. The minimum Gasteiger partial charge on any atom is -0.395 e. The van der Waals surface area contributed by atoms with Gasteiger partial charge in [-0.25, -0.2) is 0 Å². The van der Waals surface area contributed by atoms with Crippen LogP contribution in [0.25, 0.3) is 0 Å². The first kappa shape index (κ1) is 13.3. The predicted molar refractivity (Wildman–Crippen MR) is 79.2 cm³/mol. The monoisotopic (exact) mass is 268 g/mol. The van der Waals surface area contributed by atoms with Crippen molar-refractivity contribution in [2.45, 2.75) is 25.4 Å². The number of nitrogens with zero attached hydrogens (tertiary/aromatic N) is 2. The van der Waals surface area contributed by atoms with Crippen molar-refractivity contribution in [3.63, 3.8) is 0 Å². The summed E-state index contributed by atoms with van der Waals surface area (Å²) >= 11 is 0. The third-order valence-corrected chi connectivity index (χ3v) is 4.06. The van der Waals surface area contributed by atoms with E-state index in [9.17, 15) is 5.11 Å². The first-order chi connectivity index (χ1) is 9.88. The van der Waals surface area contributed by atoms with E-state index in [1.807, 2.05) is 24.5 Å². The van der Waals surface area contributed by atoms with Gasteiger partial charge >= 0.3 is 0 Å². The fraction of sp³-hybridized carbons (Fsp3) is 0.353. The van der Waals surface area contributed by atoms with Crippen molar-refractivity contribution in [2.75, 3.05) is 13.2 Å². The Morgan fingerprint density at radius 2 is 1.95 bits per heavy atom. The Labute approximate surface area is 119 Å². The lowest BCUT2D eigenvalue weighted by atomic mass is 10.1. The van der Waals surface area contributed by atoms with Gasteiger partial charge in [-0.1, -0.05) is 24.3 Å². The van der Waals surface area contributed by atoms with Gasteiger partial charge in [0.1, 0.15) is 0 Å². The van der Waals surface area contributed by atoms with Crippen LogP contribution in [0.4, 0.5) is 0 Å². The van der Waals surface area contributed by atoms with Crippen LogP contribution in [0.15, 0.2) is 48.8 Å². The maximum absolute atomic E-state index is 9.37. The van der Waals surface area contributed by atoms with E-state index in [0.29, 0.717) is 12.6 Å². The molecule has 1 aliphatic rings. The molecule has 3 rings (SSSR count). The van der Waals surface area contributed by atoms with Gasteiger partial charge in [-0.2, -0.15) is 0 Å². The number of benzene rings is 1. The van der Waals surface area contributed by atoms with Gasteiger partial charge < -0.3 is 5.11 Å². The average molecular weight is 268 g/mol. The molecule has 1 aromatic carbocycles. The molecule has 3 nitrogen and oxygen atoms in total. The van der Waals surface area contributed by atoms with Crippen molar-refractivity contribution in [1.82, 2.24) is 9.88 Å². The minimum atomic E-state index is 0.198. The maximum Gasteiger partial charge on any atom is 0.0558 e. The quantitative estimate of drug-likeness (QED) is 0.905. The molecule has 0 saturated heterocycles. The molecule has 0 bridgehead atoms. The van der Waals surface area contributed by atoms with Crippen molar-refractivity contribution in [2.24, 2.45) is 0 Å². The van der Waals surface area contributed by atoms with Gasteiger partial charge in [0.05, 0.1) is 6.61 Å². The summed E-state index contributed by atoms with van der Waals surface area (Å²) in [5.41, 5.74) is 4.13. The van der Waals surface area contributed by atoms with Crippen molar-refractivity contribution >= 4 is 0 Å². The zero-order chi connectivity index (χ0) is 13.8. The highest BCUT2D eigenvalue weighted by Gasteiger charge is 2.27. The molecule has 1 N–H and O–H groups in total. The Morgan fingerprint density at radius 3 is 2.75 bits per heavy atom. The number of aryl methyl sites for hydroxylation is 1. The predicted octanol–water partition coefficient (Wildman–Crippen LogP) is 2.56. The third kappa shape index (κ3) is 2.74. The third-order valence-electron chi connectivity index (χ3n) is 4.06. The number of aliphatic hydroxyl groups excluding tert-OH is 1. The van der Waals surface area contributed by atoms with E-state index >= 15 is 0 Å². The van der Waals surface area contributed by atoms with Crippen LogP contribution < -0.4 is 0 Å². The Morgan fingerprint density at radius 1 is 1.15 bits per heavy atom. The second-order valence-electron chi connectivity index (χ2n) is 5.30. The number of rotatable bonds is 5. The number of hydrogen-bond acceptors (Lipinski definition) is 3. The minimum absolute atomic E-state index is 0.198. The summed E-state index contributed by atoms with van der Waals surface area (Å²) in [6.45, 7) is 1.77. The van der Waals surface area contributed by atoms with E-state index in [-0.39, 0.29) is 6.61 Å². The SMILES string of the molecule is OCCN(Cc1ccncc1)[C@@H]1CCc2ccccc21. The maximum atomic E-state index is 9.37. The highest BCUT2D eigenvalue weighted by Crippen LogP contribution is 2.36. The topological polar surface area (TPSA) is 36.4 Å². The molecule has 20 heavy (non-hydrogen) atoms. The van der Waals surface area contributed by atoms with E-state index in [0.717, 1.165) is 19.4 Å². The average Bonchev–Trinajstić information content (AvgIpc) is 2.92. The number of pyridine rings is 1. The van der Waals surface area contributed by atoms with Gasteiger partial charge in [-0.3, -0.25) is 9.88 Å². The van der Waals surface area contributed by atoms with Gasteiger partial charge in [-0.05, 0) is 41.7 Å². The van der Waals surface area contributed by atoms with E-state index in [1.54, 1.807) is 0 Å². The van der Waals surface area contributed by atoms with Crippen molar-refractivity contribution in [3.05, 3.63) is 65.5 Å². The summed E-state index contributed by atoms with van der Waals surface area (Å²) in [5, 5.41) is 9.37. The molecule has 0 unspecified atom stereocenters. The van der Waals surface area contributed by atoms with Crippen molar-refractivity contribution in [3.8, 4) is 0 Å². The first-order valence-electron chi connectivity index (χ1n) is 7.20. The number of hydrogen-bond donors (Lipinski definition) is 1. The number of aromatic nitrogens is 1. The van der Waals surface area contributed by atoms with Crippen LogP contribution in [0.1, 0.15) is 29.2 Å². The van der Waals surface area contributed by atoms with Gasteiger partial charge in [-0.15, -0.1) is 0 Å². The molecule has 0 radical (unpaired) electrons. The lowest BCUT2D eigenvalue weighted by Crippen LogP contribution is -2.30. The summed E-state index contributed by atoms with van der Waals surface area (Å²) < 4.78 is 0. The molecule has 0 saturated carbocycles. The van der Waals surface area contributed by atoms with Gasteiger partial charge in [0, 0.05) is 31.5 Å². The zero-order valence-electron chi connectivity index (χ0n) is 11.6. The smallest absolute Gasteiger partial charge is 0.0558 e. The van der Waals surface area contributed by atoms with E-state index in [4.69, 9.17) is 0 Å². The van der Waals surface area contributed by atoms with Crippen LogP contribution in [-0.4, -0.2) is 28.1 Å². The number of fused-ring (bicyclic) bond motifs is 1. The van der Waals surface area contributed by atoms with Gasteiger partial charge in [0.2, 0.25) is 0 Å². The van der Waals surface area contributed by atoms with E-state index in [1.165, 1.54) is 16.7 Å². The lowest BCUT2D eigenvalue weighted by Gasteiger charge is -2.29. The summed E-state index contributed by atoms with van der Waals surface area (Å²) in [6.07, 6.45) is 5.94. The fourth-order valence-corrected chi connectivity index (χ4v) is 3.11. The molecule has 3 heteroatoms. The van der Waals surface area contributed by atoms with Crippen LogP contribution >= 0.6 is 0 Å². The zero-order valence-corrected chi connectivity index (χ0v) is 11.6.